The maximum atomic E-state index is 12.3. The molecule has 0 aliphatic carbocycles. The summed E-state index contributed by atoms with van der Waals surface area (Å²) in [7, 11) is 1.61. The molecule has 26 heavy (non-hydrogen) atoms. The molecule has 0 saturated heterocycles. The summed E-state index contributed by atoms with van der Waals surface area (Å²) in [6, 6.07) is 12.5. The Balaban J connectivity index is 1.42. The van der Waals surface area contributed by atoms with Gasteiger partial charge in [-0.1, -0.05) is 17.2 Å². The van der Waals surface area contributed by atoms with Gasteiger partial charge in [0.1, 0.15) is 5.75 Å². The molecule has 0 bridgehead atoms. The molecule has 2 aromatic carbocycles. The van der Waals surface area contributed by atoms with E-state index in [-0.39, 0.29) is 18.7 Å². The van der Waals surface area contributed by atoms with Crippen molar-refractivity contribution < 1.29 is 23.4 Å². The lowest BCUT2D eigenvalue weighted by atomic mass is 10.1. The Bertz CT molecular complexity index is 936. The molecule has 1 N–H and O–H groups in total. The number of hydrogen-bond acceptors (Lipinski definition) is 7. The van der Waals surface area contributed by atoms with Crippen molar-refractivity contribution in [3.05, 3.63) is 59.5 Å². The summed E-state index contributed by atoms with van der Waals surface area (Å²) >= 11 is 0. The normalized spacial score (nSPS) is 12.0. The van der Waals surface area contributed by atoms with Crippen LogP contribution < -0.4 is 19.5 Å². The summed E-state index contributed by atoms with van der Waals surface area (Å²) in [6.07, 6.45) is 0.455. The molecule has 2 heterocycles. The zero-order chi connectivity index (χ0) is 17.9. The summed E-state index contributed by atoms with van der Waals surface area (Å²) in [5.41, 5.74) is 1.40. The predicted molar refractivity (Wildman–Crippen MR) is 90.6 cm³/mol. The van der Waals surface area contributed by atoms with Gasteiger partial charge in [0.2, 0.25) is 12.7 Å². The first-order chi connectivity index (χ1) is 12.7. The molecule has 0 spiro atoms. The summed E-state index contributed by atoms with van der Waals surface area (Å²) in [4.78, 5) is 12.3. The first-order valence-electron chi connectivity index (χ1n) is 7.87. The number of methoxy groups -OCH3 is 1. The molecule has 0 radical (unpaired) electrons. The van der Waals surface area contributed by atoms with Gasteiger partial charge in [-0.25, -0.2) is 0 Å². The van der Waals surface area contributed by atoms with Crippen molar-refractivity contribution >= 4 is 11.9 Å². The van der Waals surface area contributed by atoms with Crippen LogP contribution in [0.3, 0.4) is 0 Å². The highest BCUT2D eigenvalue weighted by Crippen LogP contribution is 2.32. The van der Waals surface area contributed by atoms with Crippen LogP contribution in [0.1, 0.15) is 21.8 Å². The van der Waals surface area contributed by atoms with Crippen LogP contribution in [-0.2, 0) is 6.42 Å². The Kier molecular flexibility index (Phi) is 4.14. The number of amides is 1. The van der Waals surface area contributed by atoms with Crippen LogP contribution in [0.25, 0.3) is 0 Å². The molecule has 3 aromatic rings. The van der Waals surface area contributed by atoms with E-state index in [0.717, 1.165) is 11.3 Å². The standard InChI is InChI=1S/C18H15N3O5/c1-23-13-5-2-11(3-6-13)8-16-20-21-18(26-16)19-17(22)12-4-7-14-15(9-12)25-10-24-14/h2-7,9H,8,10H2,1H3,(H,19,21,22). The summed E-state index contributed by atoms with van der Waals surface area (Å²) in [6.45, 7) is 0.152. The molecular formula is C18H15N3O5. The maximum absolute atomic E-state index is 12.3. The van der Waals surface area contributed by atoms with Crippen LogP contribution in [0.2, 0.25) is 0 Å². The van der Waals surface area contributed by atoms with Crippen molar-refractivity contribution in [3.8, 4) is 17.2 Å². The van der Waals surface area contributed by atoms with E-state index in [1.165, 1.54) is 0 Å². The third kappa shape index (κ3) is 3.30. The van der Waals surface area contributed by atoms with Crippen molar-refractivity contribution in [2.45, 2.75) is 6.42 Å². The number of ether oxygens (including phenoxy) is 3. The largest absolute Gasteiger partial charge is 0.497 e. The number of benzene rings is 2. The lowest BCUT2D eigenvalue weighted by molar-refractivity contribution is 0.102. The highest BCUT2D eigenvalue weighted by molar-refractivity contribution is 6.03. The van der Waals surface area contributed by atoms with Gasteiger partial charge in [0.05, 0.1) is 13.5 Å². The number of anilines is 1. The molecule has 8 heteroatoms. The number of carbonyl (C=O) groups is 1. The molecule has 8 nitrogen and oxygen atoms in total. The molecule has 1 amide bonds. The van der Waals surface area contributed by atoms with E-state index in [1.54, 1.807) is 25.3 Å². The molecule has 1 aliphatic rings. The quantitative estimate of drug-likeness (QED) is 0.753. The number of hydrogen-bond donors (Lipinski definition) is 1. The van der Waals surface area contributed by atoms with Crippen LogP contribution in [0, 0.1) is 0 Å². The molecule has 132 valence electrons. The number of fused-ring (bicyclic) bond motifs is 1. The van der Waals surface area contributed by atoms with Gasteiger partial charge in [-0.3, -0.25) is 10.1 Å². The SMILES string of the molecule is COc1ccc(Cc2nnc(NC(=O)c3ccc4c(c3)OCO4)o2)cc1. The minimum Gasteiger partial charge on any atom is -0.497 e. The van der Waals surface area contributed by atoms with Crippen molar-refractivity contribution in [2.75, 3.05) is 19.2 Å². The fourth-order valence-corrected chi connectivity index (χ4v) is 2.50. The van der Waals surface area contributed by atoms with Crippen molar-refractivity contribution in [1.82, 2.24) is 10.2 Å². The second-order valence-corrected chi connectivity index (χ2v) is 5.55. The Morgan fingerprint density at radius 2 is 1.92 bits per heavy atom. The third-order valence-corrected chi connectivity index (χ3v) is 3.84. The van der Waals surface area contributed by atoms with Crippen molar-refractivity contribution in [3.63, 3.8) is 0 Å². The number of carbonyl (C=O) groups excluding carboxylic acids is 1. The van der Waals surface area contributed by atoms with E-state index in [1.807, 2.05) is 24.3 Å². The van der Waals surface area contributed by atoms with Gasteiger partial charge in [-0.05, 0) is 35.9 Å². The van der Waals surface area contributed by atoms with E-state index >= 15 is 0 Å². The van der Waals surface area contributed by atoms with Crippen LogP contribution in [0.5, 0.6) is 17.2 Å². The van der Waals surface area contributed by atoms with Crippen molar-refractivity contribution in [2.24, 2.45) is 0 Å². The Morgan fingerprint density at radius 1 is 1.12 bits per heavy atom. The highest BCUT2D eigenvalue weighted by Gasteiger charge is 2.17. The van der Waals surface area contributed by atoms with E-state index in [0.29, 0.717) is 29.4 Å². The van der Waals surface area contributed by atoms with E-state index in [9.17, 15) is 4.79 Å². The topological polar surface area (TPSA) is 95.7 Å². The summed E-state index contributed by atoms with van der Waals surface area (Å²) in [5, 5.41) is 10.4. The van der Waals surface area contributed by atoms with Crippen LogP contribution in [0.4, 0.5) is 6.01 Å². The second kappa shape index (κ2) is 6.75. The minimum absolute atomic E-state index is 0.0381. The smallest absolute Gasteiger partial charge is 0.322 e. The fourth-order valence-electron chi connectivity index (χ4n) is 2.50. The monoisotopic (exact) mass is 353 g/mol. The van der Waals surface area contributed by atoms with Gasteiger partial charge >= 0.3 is 6.01 Å². The third-order valence-electron chi connectivity index (χ3n) is 3.84. The molecule has 4 rings (SSSR count). The average molecular weight is 353 g/mol. The molecule has 1 aliphatic heterocycles. The first kappa shape index (κ1) is 15.9. The molecule has 0 atom stereocenters. The predicted octanol–water partition coefficient (Wildman–Crippen LogP) is 2.65. The molecule has 0 fully saturated rings. The molecule has 1 aromatic heterocycles. The van der Waals surface area contributed by atoms with Crippen LogP contribution >= 0.6 is 0 Å². The van der Waals surface area contributed by atoms with E-state index in [4.69, 9.17) is 18.6 Å². The Labute approximate surface area is 148 Å². The number of nitrogens with zero attached hydrogens (tertiary/aromatic N) is 2. The maximum Gasteiger partial charge on any atom is 0.322 e. The van der Waals surface area contributed by atoms with Crippen molar-refractivity contribution in [1.29, 1.82) is 0 Å². The van der Waals surface area contributed by atoms with Gasteiger partial charge in [-0.2, -0.15) is 0 Å². The van der Waals surface area contributed by atoms with E-state index in [2.05, 4.69) is 15.5 Å². The number of aromatic nitrogens is 2. The molecular weight excluding hydrogens is 338 g/mol. The van der Waals surface area contributed by atoms with Gasteiger partial charge in [0, 0.05) is 5.56 Å². The first-order valence-corrected chi connectivity index (χ1v) is 7.87. The minimum atomic E-state index is -0.372. The second-order valence-electron chi connectivity index (χ2n) is 5.55. The zero-order valence-electron chi connectivity index (χ0n) is 13.9. The van der Waals surface area contributed by atoms with Gasteiger partial charge in [-0.15, -0.1) is 5.10 Å². The average Bonchev–Trinajstić information content (AvgIpc) is 3.31. The van der Waals surface area contributed by atoms with Gasteiger partial charge in [0.15, 0.2) is 11.5 Å². The van der Waals surface area contributed by atoms with Gasteiger partial charge < -0.3 is 18.6 Å². The molecule has 0 saturated carbocycles. The Hall–Kier alpha value is -3.55. The fraction of sp³-hybridized carbons (Fsp3) is 0.167. The van der Waals surface area contributed by atoms with Gasteiger partial charge in [0.25, 0.3) is 5.91 Å². The Morgan fingerprint density at radius 3 is 2.73 bits per heavy atom. The van der Waals surface area contributed by atoms with E-state index < -0.39 is 0 Å². The summed E-state index contributed by atoms with van der Waals surface area (Å²) in [5.74, 6) is 1.94. The van der Waals surface area contributed by atoms with Crippen LogP contribution in [0.15, 0.2) is 46.9 Å². The number of nitrogens with one attached hydrogen (secondary N) is 1. The number of rotatable bonds is 5. The lowest BCUT2D eigenvalue weighted by Gasteiger charge is -2.02. The molecule has 0 unspecified atom stereocenters. The zero-order valence-corrected chi connectivity index (χ0v) is 13.9. The lowest BCUT2D eigenvalue weighted by Crippen LogP contribution is -2.12. The summed E-state index contributed by atoms with van der Waals surface area (Å²) < 4.78 is 21.1. The van der Waals surface area contributed by atoms with Crippen LogP contribution in [-0.4, -0.2) is 30.0 Å². The highest BCUT2D eigenvalue weighted by atomic mass is 16.7.